The molecule has 3 rings (SSSR count). The van der Waals surface area contributed by atoms with Gasteiger partial charge in [0.1, 0.15) is 0 Å². The van der Waals surface area contributed by atoms with E-state index in [-0.39, 0.29) is 11.9 Å². The molecule has 2 aromatic carbocycles. The highest BCUT2D eigenvalue weighted by atomic mass is 19.4. The third-order valence-corrected chi connectivity index (χ3v) is 3.22. The first-order valence-corrected chi connectivity index (χ1v) is 6.76. The van der Waals surface area contributed by atoms with E-state index in [2.05, 4.69) is 15.5 Å². The van der Waals surface area contributed by atoms with Crippen molar-refractivity contribution < 1.29 is 17.6 Å². The molecule has 0 atom stereocenters. The summed E-state index contributed by atoms with van der Waals surface area (Å²) in [6, 6.07) is 9.37. The summed E-state index contributed by atoms with van der Waals surface area (Å²) in [7, 11) is 0. The summed E-state index contributed by atoms with van der Waals surface area (Å²) >= 11 is 0. The van der Waals surface area contributed by atoms with Crippen LogP contribution < -0.4 is 16.8 Å². The van der Waals surface area contributed by atoms with Crippen molar-refractivity contribution in [3.8, 4) is 11.5 Å². The van der Waals surface area contributed by atoms with Crippen molar-refractivity contribution in [3.05, 3.63) is 48.0 Å². The van der Waals surface area contributed by atoms with Crippen LogP contribution >= 0.6 is 0 Å². The number of benzene rings is 2. The molecule has 0 aliphatic heterocycles. The van der Waals surface area contributed by atoms with Gasteiger partial charge in [0, 0.05) is 11.3 Å². The van der Waals surface area contributed by atoms with Gasteiger partial charge < -0.3 is 21.2 Å². The van der Waals surface area contributed by atoms with Crippen LogP contribution in [0.25, 0.3) is 11.5 Å². The lowest BCUT2D eigenvalue weighted by atomic mass is 10.2. The van der Waals surface area contributed by atoms with Gasteiger partial charge in [-0.05, 0) is 42.5 Å². The Kier molecular flexibility index (Phi) is 3.76. The Balaban J connectivity index is 1.77. The van der Waals surface area contributed by atoms with E-state index in [1.165, 1.54) is 12.1 Å². The number of rotatable bonds is 3. The van der Waals surface area contributed by atoms with Gasteiger partial charge in [-0.1, -0.05) is 5.10 Å². The zero-order valence-corrected chi connectivity index (χ0v) is 12.1. The predicted octanol–water partition coefficient (Wildman–Crippen LogP) is 3.66. The number of aromatic nitrogens is 2. The second-order valence-corrected chi connectivity index (χ2v) is 4.96. The second kappa shape index (κ2) is 5.76. The molecule has 0 bridgehead atoms. The summed E-state index contributed by atoms with van der Waals surface area (Å²) < 4.78 is 43.0. The van der Waals surface area contributed by atoms with Crippen LogP contribution in [0, 0.1) is 0 Å². The number of anilines is 4. The van der Waals surface area contributed by atoms with Crippen molar-refractivity contribution in [2.24, 2.45) is 0 Å². The molecule has 0 fully saturated rings. The van der Waals surface area contributed by atoms with Crippen LogP contribution in [0.15, 0.2) is 46.9 Å². The maximum atomic E-state index is 12.5. The third-order valence-electron chi connectivity index (χ3n) is 3.22. The molecular weight excluding hydrogens is 323 g/mol. The van der Waals surface area contributed by atoms with Crippen molar-refractivity contribution in [1.29, 1.82) is 0 Å². The molecule has 1 aromatic heterocycles. The summed E-state index contributed by atoms with van der Waals surface area (Å²) in [5.74, 6) is 0.205. The van der Waals surface area contributed by atoms with Crippen molar-refractivity contribution in [2.45, 2.75) is 6.18 Å². The number of nitrogens with zero attached hydrogens (tertiary/aromatic N) is 2. The first-order chi connectivity index (χ1) is 11.3. The van der Waals surface area contributed by atoms with E-state index < -0.39 is 11.7 Å². The molecule has 0 aliphatic carbocycles. The van der Waals surface area contributed by atoms with Crippen LogP contribution in [0.3, 0.4) is 0 Å². The molecule has 0 spiro atoms. The Hall–Kier alpha value is -3.23. The van der Waals surface area contributed by atoms with Crippen molar-refractivity contribution in [3.63, 3.8) is 0 Å². The molecule has 0 saturated heterocycles. The van der Waals surface area contributed by atoms with E-state index in [0.29, 0.717) is 22.6 Å². The van der Waals surface area contributed by atoms with Crippen LogP contribution in [-0.4, -0.2) is 10.2 Å². The average molecular weight is 335 g/mol. The van der Waals surface area contributed by atoms with Crippen LogP contribution in [0.5, 0.6) is 0 Å². The van der Waals surface area contributed by atoms with Crippen molar-refractivity contribution in [1.82, 2.24) is 10.2 Å². The van der Waals surface area contributed by atoms with Gasteiger partial charge >= 0.3 is 12.2 Å². The molecule has 1 heterocycles. The van der Waals surface area contributed by atoms with Gasteiger partial charge in [0.25, 0.3) is 0 Å². The number of nitrogen functional groups attached to an aromatic ring is 2. The van der Waals surface area contributed by atoms with Crippen molar-refractivity contribution >= 4 is 23.1 Å². The highest BCUT2D eigenvalue weighted by molar-refractivity contribution is 5.71. The smallest absolute Gasteiger partial charge is 0.403 e. The molecule has 0 radical (unpaired) electrons. The SMILES string of the molecule is Nc1ccc(-c2nnc(Nc3ccc(C(F)(F)F)cc3)o2)cc1N. The fourth-order valence-corrected chi connectivity index (χ4v) is 1.96. The summed E-state index contributed by atoms with van der Waals surface area (Å²) in [5, 5.41) is 10.4. The molecule has 124 valence electrons. The van der Waals surface area contributed by atoms with Crippen molar-refractivity contribution in [2.75, 3.05) is 16.8 Å². The Morgan fingerprint density at radius 3 is 2.25 bits per heavy atom. The van der Waals surface area contributed by atoms with E-state index in [9.17, 15) is 13.2 Å². The number of hydrogen-bond donors (Lipinski definition) is 3. The lowest BCUT2D eigenvalue weighted by Crippen LogP contribution is -2.04. The predicted molar refractivity (Wildman–Crippen MR) is 83.3 cm³/mol. The van der Waals surface area contributed by atoms with Gasteiger partial charge in [0.05, 0.1) is 16.9 Å². The summed E-state index contributed by atoms with van der Waals surface area (Å²) in [4.78, 5) is 0. The van der Waals surface area contributed by atoms with Crippen LogP contribution in [0.1, 0.15) is 5.56 Å². The molecular formula is C15H12F3N5O. The average Bonchev–Trinajstić information content (AvgIpc) is 2.98. The molecule has 0 saturated carbocycles. The van der Waals surface area contributed by atoms with Gasteiger partial charge in [-0.2, -0.15) is 13.2 Å². The van der Waals surface area contributed by atoms with E-state index in [4.69, 9.17) is 15.9 Å². The standard InChI is InChI=1S/C15H12F3N5O/c16-15(17,18)9-2-4-10(5-3-9)21-14-23-22-13(24-14)8-1-6-11(19)12(20)7-8/h1-7H,19-20H2,(H,21,23). The quantitative estimate of drug-likeness (QED) is 0.631. The van der Waals surface area contributed by atoms with Crippen LogP contribution in [-0.2, 0) is 6.18 Å². The molecule has 0 amide bonds. The van der Waals surface area contributed by atoms with Gasteiger partial charge in [-0.25, -0.2) is 0 Å². The lowest BCUT2D eigenvalue weighted by molar-refractivity contribution is -0.137. The Labute approximate surface area is 134 Å². The Bertz CT molecular complexity index is 858. The van der Waals surface area contributed by atoms with E-state index in [0.717, 1.165) is 12.1 Å². The number of nitrogens with one attached hydrogen (secondary N) is 1. The minimum atomic E-state index is -4.38. The number of nitrogens with two attached hydrogens (primary N) is 2. The van der Waals surface area contributed by atoms with Crippen LogP contribution in [0.4, 0.5) is 36.2 Å². The topological polar surface area (TPSA) is 103 Å². The largest absolute Gasteiger partial charge is 0.416 e. The highest BCUT2D eigenvalue weighted by Crippen LogP contribution is 2.31. The van der Waals surface area contributed by atoms with Gasteiger partial charge in [0.2, 0.25) is 5.89 Å². The summed E-state index contributed by atoms with van der Waals surface area (Å²) in [6.45, 7) is 0. The first kappa shape index (κ1) is 15.7. The van der Waals surface area contributed by atoms with E-state index >= 15 is 0 Å². The summed E-state index contributed by atoms with van der Waals surface area (Å²) in [5.41, 5.74) is 12.4. The molecule has 6 nitrogen and oxygen atoms in total. The minimum Gasteiger partial charge on any atom is -0.403 e. The summed E-state index contributed by atoms with van der Waals surface area (Å²) in [6.07, 6.45) is -4.38. The fourth-order valence-electron chi connectivity index (χ4n) is 1.96. The molecule has 24 heavy (non-hydrogen) atoms. The Morgan fingerprint density at radius 1 is 0.917 bits per heavy atom. The second-order valence-electron chi connectivity index (χ2n) is 4.96. The van der Waals surface area contributed by atoms with E-state index in [1.54, 1.807) is 18.2 Å². The first-order valence-electron chi connectivity index (χ1n) is 6.76. The van der Waals surface area contributed by atoms with E-state index in [1.807, 2.05) is 0 Å². The molecule has 9 heteroatoms. The van der Waals surface area contributed by atoms with Gasteiger partial charge in [-0.15, -0.1) is 5.10 Å². The third kappa shape index (κ3) is 3.24. The normalized spacial score (nSPS) is 11.5. The molecule has 0 unspecified atom stereocenters. The number of halogens is 3. The minimum absolute atomic E-state index is 0.0418. The zero-order valence-electron chi connectivity index (χ0n) is 12.1. The molecule has 0 aliphatic rings. The molecule has 5 N–H and O–H groups in total. The monoisotopic (exact) mass is 335 g/mol. The highest BCUT2D eigenvalue weighted by Gasteiger charge is 2.29. The fraction of sp³-hybridized carbons (Fsp3) is 0.0667. The number of alkyl halides is 3. The maximum absolute atomic E-state index is 12.5. The van der Waals surface area contributed by atoms with Gasteiger partial charge in [-0.3, -0.25) is 0 Å². The lowest BCUT2D eigenvalue weighted by Gasteiger charge is -2.07. The maximum Gasteiger partial charge on any atom is 0.416 e. The Morgan fingerprint density at radius 2 is 1.62 bits per heavy atom. The number of hydrogen-bond acceptors (Lipinski definition) is 6. The van der Waals surface area contributed by atoms with Gasteiger partial charge in [0.15, 0.2) is 0 Å². The zero-order chi connectivity index (χ0) is 17.3. The van der Waals surface area contributed by atoms with Crippen LogP contribution in [0.2, 0.25) is 0 Å². The molecule has 3 aromatic rings.